The zero-order valence-corrected chi connectivity index (χ0v) is 12.2. The van der Waals surface area contributed by atoms with Crippen LogP contribution in [-0.4, -0.2) is 32.0 Å². The van der Waals surface area contributed by atoms with Gasteiger partial charge in [-0.05, 0) is 44.9 Å². The first-order valence-electron chi connectivity index (χ1n) is 7.68. The fraction of sp³-hybridized carbons (Fsp3) is 1.00. The lowest BCUT2D eigenvalue weighted by Gasteiger charge is -2.39. The van der Waals surface area contributed by atoms with Crippen molar-refractivity contribution in [1.82, 2.24) is 0 Å². The van der Waals surface area contributed by atoms with Crippen LogP contribution in [0.4, 0.5) is 0 Å². The molecule has 0 bridgehead atoms. The van der Waals surface area contributed by atoms with Crippen molar-refractivity contribution in [3.05, 3.63) is 0 Å². The molecule has 0 spiro atoms. The molecule has 18 heavy (non-hydrogen) atoms. The van der Waals surface area contributed by atoms with Gasteiger partial charge < -0.3 is 15.2 Å². The molecule has 0 saturated heterocycles. The third-order valence-electron chi connectivity index (χ3n) is 4.13. The van der Waals surface area contributed by atoms with Crippen molar-refractivity contribution in [2.45, 2.75) is 64.4 Å². The molecular formula is C15H31NO2. The summed E-state index contributed by atoms with van der Waals surface area (Å²) in [5.41, 5.74) is 5.91. The second-order valence-electron chi connectivity index (χ2n) is 5.52. The monoisotopic (exact) mass is 257 g/mol. The van der Waals surface area contributed by atoms with Gasteiger partial charge in [-0.15, -0.1) is 0 Å². The maximum absolute atomic E-state index is 6.09. The maximum Gasteiger partial charge on any atom is 0.0804 e. The van der Waals surface area contributed by atoms with Gasteiger partial charge in [-0.2, -0.15) is 0 Å². The molecule has 0 radical (unpaired) electrons. The molecule has 0 unspecified atom stereocenters. The van der Waals surface area contributed by atoms with Crippen LogP contribution in [0.15, 0.2) is 0 Å². The van der Waals surface area contributed by atoms with E-state index >= 15 is 0 Å². The summed E-state index contributed by atoms with van der Waals surface area (Å²) in [6, 6.07) is 0. The molecule has 1 aliphatic rings. The predicted octanol–water partition coefficient (Wildman–Crippen LogP) is 3.12. The van der Waals surface area contributed by atoms with E-state index in [9.17, 15) is 0 Å². The lowest BCUT2D eigenvalue weighted by Crippen LogP contribution is -2.44. The quantitative estimate of drug-likeness (QED) is 0.645. The SMILES string of the molecule is CCCC1CCC(CN)(OCCCOCC)CC1. The Morgan fingerprint density at radius 3 is 2.44 bits per heavy atom. The molecule has 1 saturated carbocycles. The zero-order chi connectivity index (χ0) is 13.3. The number of rotatable bonds is 9. The standard InChI is InChI=1S/C15H31NO2/c1-3-6-14-7-9-15(13-16,10-8-14)18-12-5-11-17-4-2/h14H,3-13,16H2,1-2H3. The van der Waals surface area contributed by atoms with Gasteiger partial charge in [0.25, 0.3) is 0 Å². The number of nitrogens with two attached hydrogens (primary N) is 1. The van der Waals surface area contributed by atoms with E-state index < -0.39 is 0 Å². The van der Waals surface area contributed by atoms with Gasteiger partial charge in [0.1, 0.15) is 0 Å². The molecule has 0 aromatic carbocycles. The zero-order valence-electron chi connectivity index (χ0n) is 12.2. The van der Waals surface area contributed by atoms with Crippen LogP contribution < -0.4 is 5.73 Å². The van der Waals surface area contributed by atoms with Crippen LogP contribution in [0.3, 0.4) is 0 Å². The lowest BCUT2D eigenvalue weighted by molar-refractivity contribution is -0.0766. The Hall–Kier alpha value is -0.120. The van der Waals surface area contributed by atoms with Gasteiger partial charge >= 0.3 is 0 Å². The summed E-state index contributed by atoms with van der Waals surface area (Å²) in [7, 11) is 0. The molecule has 1 fully saturated rings. The van der Waals surface area contributed by atoms with Crippen molar-refractivity contribution in [2.24, 2.45) is 11.7 Å². The van der Waals surface area contributed by atoms with E-state index in [2.05, 4.69) is 6.92 Å². The molecule has 3 heteroatoms. The van der Waals surface area contributed by atoms with Crippen LogP contribution in [0, 0.1) is 5.92 Å². The van der Waals surface area contributed by atoms with E-state index in [0.29, 0.717) is 6.54 Å². The Morgan fingerprint density at radius 2 is 1.89 bits per heavy atom. The Labute approximate surface area is 112 Å². The van der Waals surface area contributed by atoms with E-state index in [-0.39, 0.29) is 5.60 Å². The van der Waals surface area contributed by atoms with Gasteiger partial charge in [0.2, 0.25) is 0 Å². The highest BCUT2D eigenvalue weighted by atomic mass is 16.5. The third kappa shape index (κ3) is 5.25. The van der Waals surface area contributed by atoms with Crippen molar-refractivity contribution in [1.29, 1.82) is 0 Å². The van der Waals surface area contributed by atoms with Crippen LogP contribution in [-0.2, 0) is 9.47 Å². The Morgan fingerprint density at radius 1 is 1.17 bits per heavy atom. The van der Waals surface area contributed by atoms with Gasteiger partial charge in [0.05, 0.1) is 5.60 Å². The molecule has 1 rings (SSSR count). The molecule has 0 aromatic rings. The topological polar surface area (TPSA) is 44.5 Å². The second kappa shape index (κ2) is 8.89. The first kappa shape index (κ1) is 15.9. The molecule has 0 amide bonds. The van der Waals surface area contributed by atoms with Crippen molar-refractivity contribution in [2.75, 3.05) is 26.4 Å². The Bertz CT molecular complexity index is 201. The predicted molar refractivity (Wildman–Crippen MR) is 75.7 cm³/mol. The molecule has 0 aliphatic heterocycles. The normalized spacial score (nSPS) is 28.5. The molecular weight excluding hydrogens is 226 g/mol. The van der Waals surface area contributed by atoms with Gasteiger partial charge in [0.15, 0.2) is 0 Å². The molecule has 0 heterocycles. The highest BCUT2D eigenvalue weighted by molar-refractivity contribution is 4.88. The number of ether oxygens (including phenoxy) is 2. The molecule has 0 aromatic heterocycles. The van der Waals surface area contributed by atoms with Gasteiger partial charge in [-0.3, -0.25) is 0 Å². The molecule has 0 atom stereocenters. The molecule has 1 aliphatic carbocycles. The van der Waals surface area contributed by atoms with Crippen molar-refractivity contribution < 1.29 is 9.47 Å². The van der Waals surface area contributed by atoms with Crippen LogP contribution in [0.5, 0.6) is 0 Å². The molecule has 2 N–H and O–H groups in total. The molecule has 108 valence electrons. The van der Waals surface area contributed by atoms with Crippen LogP contribution in [0.2, 0.25) is 0 Å². The summed E-state index contributed by atoms with van der Waals surface area (Å²) in [6.07, 6.45) is 8.51. The van der Waals surface area contributed by atoms with Gasteiger partial charge in [-0.25, -0.2) is 0 Å². The summed E-state index contributed by atoms with van der Waals surface area (Å²) >= 11 is 0. The van der Waals surface area contributed by atoms with E-state index in [4.69, 9.17) is 15.2 Å². The summed E-state index contributed by atoms with van der Waals surface area (Å²) in [4.78, 5) is 0. The first-order chi connectivity index (χ1) is 8.76. The summed E-state index contributed by atoms with van der Waals surface area (Å²) in [6.45, 7) is 7.35. The lowest BCUT2D eigenvalue weighted by atomic mass is 9.77. The van der Waals surface area contributed by atoms with E-state index in [0.717, 1.165) is 45.0 Å². The minimum atomic E-state index is -0.0313. The van der Waals surface area contributed by atoms with Crippen LogP contribution >= 0.6 is 0 Å². The van der Waals surface area contributed by atoms with Gasteiger partial charge in [-0.1, -0.05) is 19.8 Å². The average Bonchev–Trinajstić information content (AvgIpc) is 2.41. The minimum absolute atomic E-state index is 0.0313. The Kier molecular flexibility index (Phi) is 7.87. The number of hydrogen-bond donors (Lipinski definition) is 1. The van der Waals surface area contributed by atoms with E-state index in [1.54, 1.807) is 0 Å². The van der Waals surface area contributed by atoms with Crippen molar-refractivity contribution >= 4 is 0 Å². The fourth-order valence-corrected chi connectivity index (χ4v) is 2.90. The fourth-order valence-electron chi connectivity index (χ4n) is 2.90. The van der Waals surface area contributed by atoms with E-state index in [1.807, 2.05) is 6.92 Å². The van der Waals surface area contributed by atoms with Crippen molar-refractivity contribution in [3.8, 4) is 0 Å². The maximum atomic E-state index is 6.09. The summed E-state index contributed by atoms with van der Waals surface area (Å²) < 4.78 is 11.4. The smallest absolute Gasteiger partial charge is 0.0804 e. The minimum Gasteiger partial charge on any atom is -0.382 e. The molecule has 3 nitrogen and oxygen atoms in total. The largest absolute Gasteiger partial charge is 0.382 e. The summed E-state index contributed by atoms with van der Waals surface area (Å²) in [5.74, 6) is 0.904. The van der Waals surface area contributed by atoms with Crippen LogP contribution in [0.1, 0.15) is 58.8 Å². The first-order valence-corrected chi connectivity index (χ1v) is 7.68. The third-order valence-corrected chi connectivity index (χ3v) is 4.13. The van der Waals surface area contributed by atoms with Crippen LogP contribution in [0.25, 0.3) is 0 Å². The van der Waals surface area contributed by atoms with Gasteiger partial charge in [0, 0.05) is 26.4 Å². The average molecular weight is 257 g/mol. The highest BCUT2D eigenvalue weighted by Gasteiger charge is 2.34. The second-order valence-corrected chi connectivity index (χ2v) is 5.52. The Balaban J connectivity index is 2.23. The summed E-state index contributed by atoms with van der Waals surface area (Å²) in [5, 5.41) is 0. The highest BCUT2D eigenvalue weighted by Crippen LogP contribution is 2.36. The van der Waals surface area contributed by atoms with Crippen molar-refractivity contribution in [3.63, 3.8) is 0 Å². The van der Waals surface area contributed by atoms with E-state index in [1.165, 1.54) is 25.7 Å². The number of hydrogen-bond acceptors (Lipinski definition) is 3.